The first-order chi connectivity index (χ1) is 8.93. The number of hydrogen-bond donors (Lipinski definition) is 1. The standard InChI is InChI=1S/C13H19N3O3/c1-4-9(3)15(5-2)13(17)10-7-6-8-11(12(10)14)16(18)19/h6-9H,4-5,14H2,1-3H3. The number of rotatable bonds is 5. The van der Waals surface area contributed by atoms with Crippen LogP contribution in [0.3, 0.4) is 0 Å². The zero-order valence-corrected chi connectivity index (χ0v) is 11.4. The number of benzene rings is 1. The molecule has 0 heterocycles. The average Bonchev–Trinajstić information content (AvgIpc) is 2.38. The summed E-state index contributed by atoms with van der Waals surface area (Å²) in [7, 11) is 0. The fourth-order valence-corrected chi connectivity index (χ4v) is 1.93. The summed E-state index contributed by atoms with van der Waals surface area (Å²) < 4.78 is 0. The third kappa shape index (κ3) is 3.01. The molecule has 0 aliphatic rings. The van der Waals surface area contributed by atoms with Crippen molar-refractivity contribution in [3.05, 3.63) is 33.9 Å². The number of nitro groups is 1. The maximum atomic E-state index is 12.4. The molecular weight excluding hydrogens is 246 g/mol. The average molecular weight is 265 g/mol. The number of hydrogen-bond acceptors (Lipinski definition) is 4. The number of amides is 1. The molecule has 1 amide bonds. The molecule has 0 saturated heterocycles. The van der Waals surface area contributed by atoms with E-state index in [4.69, 9.17) is 5.73 Å². The van der Waals surface area contributed by atoms with Crippen LogP contribution in [-0.4, -0.2) is 28.3 Å². The van der Waals surface area contributed by atoms with Crippen LogP contribution in [0.4, 0.5) is 11.4 Å². The van der Waals surface area contributed by atoms with Crippen LogP contribution in [-0.2, 0) is 0 Å². The molecule has 0 fully saturated rings. The third-order valence-corrected chi connectivity index (χ3v) is 3.23. The normalized spacial score (nSPS) is 11.9. The van der Waals surface area contributed by atoms with Crippen molar-refractivity contribution in [2.75, 3.05) is 12.3 Å². The molecule has 6 heteroatoms. The second-order valence-electron chi connectivity index (χ2n) is 4.34. The predicted octanol–water partition coefficient (Wildman–Crippen LogP) is 2.44. The van der Waals surface area contributed by atoms with E-state index in [0.29, 0.717) is 6.54 Å². The summed E-state index contributed by atoms with van der Waals surface area (Å²) in [6.07, 6.45) is 0.814. The predicted molar refractivity (Wildman–Crippen MR) is 74.0 cm³/mol. The van der Waals surface area contributed by atoms with Gasteiger partial charge in [0.2, 0.25) is 0 Å². The van der Waals surface area contributed by atoms with Crippen LogP contribution in [0.2, 0.25) is 0 Å². The lowest BCUT2D eigenvalue weighted by Gasteiger charge is -2.27. The minimum absolute atomic E-state index is 0.0659. The highest BCUT2D eigenvalue weighted by atomic mass is 16.6. The van der Waals surface area contributed by atoms with Gasteiger partial charge in [-0.25, -0.2) is 0 Å². The summed E-state index contributed by atoms with van der Waals surface area (Å²) >= 11 is 0. The summed E-state index contributed by atoms with van der Waals surface area (Å²) in [5, 5.41) is 10.8. The molecule has 1 rings (SSSR count). The summed E-state index contributed by atoms with van der Waals surface area (Å²) in [5.74, 6) is -0.266. The smallest absolute Gasteiger partial charge is 0.292 e. The highest BCUT2D eigenvalue weighted by molar-refractivity contribution is 6.01. The van der Waals surface area contributed by atoms with Gasteiger partial charge in [-0.05, 0) is 26.3 Å². The van der Waals surface area contributed by atoms with Crippen molar-refractivity contribution < 1.29 is 9.72 Å². The molecule has 0 spiro atoms. The molecule has 1 atom stereocenters. The lowest BCUT2D eigenvalue weighted by Crippen LogP contribution is -2.38. The van der Waals surface area contributed by atoms with E-state index in [-0.39, 0.29) is 28.9 Å². The molecule has 0 aliphatic carbocycles. The van der Waals surface area contributed by atoms with Gasteiger partial charge < -0.3 is 10.6 Å². The van der Waals surface area contributed by atoms with Gasteiger partial charge in [0.15, 0.2) is 0 Å². The van der Waals surface area contributed by atoms with Crippen LogP contribution >= 0.6 is 0 Å². The van der Waals surface area contributed by atoms with Crippen molar-refractivity contribution in [3.63, 3.8) is 0 Å². The summed E-state index contributed by atoms with van der Waals surface area (Å²) in [5.41, 5.74) is 5.62. The number of nitrogens with two attached hydrogens (primary N) is 1. The second-order valence-corrected chi connectivity index (χ2v) is 4.34. The van der Waals surface area contributed by atoms with Crippen molar-refractivity contribution >= 4 is 17.3 Å². The maximum Gasteiger partial charge on any atom is 0.292 e. The molecule has 0 aromatic heterocycles. The summed E-state index contributed by atoms with van der Waals surface area (Å²) in [4.78, 5) is 24.3. The summed E-state index contributed by atoms with van der Waals surface area (Å²) in [6, 6.07) is 4.37. The van der Waals surface area contributed by atoms with Gasteiger partial charge >= 0.3 is 0 Å². The molecule has 1 unspecified atom stereocenters. The molecule has 0 saturated carbocycles. The highest BCUT2D eigenvalue weighted by Gasteiger charge is 2.24. The number of nitrogen functional groups attached to an aromatic ring is 1. The molecular formula is C13H19N3O3. The fourth-order valence-electron chi connectivity index (χ4n) is 1.93. The maximum absolute atomic E-state index is 12.4. The Balaban J connectivity index is 3.19. The number of carbonyl (C=O) groups is 1. The Morgan fingerprint density at radius 1 is 1.47 bits per heavy atom. The number of nitro benzene ring substituents is 1. The first kappa shape index (κ1) is 14.9. The fraction of sp³-hybridized carbons (Fsp3) is 0.462. The molecule has 2 N–H and O–H groups in total. The molecule has 6 nitrogen and oxygen atoms in total. The topological polar surface area (TPSA) is 89.5 Å². The quantitative estimate of drug-likeness (QED) is 0.503. The lowest BCUT2D eigenvalue weighted by atomic mass is 10.1. The molecule has 1 aromatic carbocycles. The second kappa shape index (κ2) is 6.17. The largest absolute Gasteiger partial charge is 0.393 e. The van der Waals surface area contributed by atoms with Crippen LogP contribution in [0.25, 0.3) is 0 Å². The Labute approximate surface area is 112 Å². The minimum Gasteiger partial charge on any atom is -0.393 e. The van der Waals surface area contributed by atoms with Crippen LogP contribution < -0.4 is 5.73 Å². The first-order valence-electron chi connectivity index (χ1n) is 6.27. The SMILES string of the molecule is CCC(C)N(CC)C(=O)c1cccc([N+](=O)[O-])c1N. The van der Waals surface area contributed by atoms with E-state index in [2.05, 4.69) is 0 Å². The Morgan fingerprint density at radius 2 is 2.11 bits per heavy atom. The molecule has 0 aliphatic heterocycles. The van der Waals surface area contributed by atoms with Crippen molar-refractivity contribution in [2.45, 2.75) is 33.2 Å². The number of nitrogens with zero attached hydrogens (tertiary/aromatic N) is 2. The van der Waals surface area contributed by atoms with E-state index in [1.54, 1.807) is 4.90 Å². The molecule has 0 bridgehead atoms. The van der Waals surface area contributed by atoms with E-state index in [9.17, 15) is 14.9 Å². The Morgan fingerprint density at radius 3 is 2.58 bits per heavy atom. The van der Waals surface area contributed by atoms with Gasteiger partial charge in [-0.15, -0.1) is 0 Å². The van der Waals surface area contributed by atoms with Crippen molar-refractivity contribution in [2.24, 2.45) is 0 Å². The highest BCUT2D eigenvalue weighted by Crippen LogP contribution is 2.26. The molecule has 19 heavy (non-hydrogen) atoms. The van der Waals surface area contributed by atoms with Gasteiger partial charge in [0, 0.05) is 18.7 Å². The number of para-hydroxylation sites is 1. The van der Waals surface area contributed by atoms with E-state index in [0.717, 1.165) is 6.42 Å². The van der Waals surface area contributed by atoms with E-state index in [1.165, 1.54) is 18.2 Å². The molecule has 104 valence electrons. The van der Waals surface area contributed by atoms with Crippen molar-refractivity contribution in [1.29, 1.82) is 0 Å². The molecule has 0 radical (unpaired) electrons. The van der Waals surface area contributed by atoms with Crippen LogP contribution in [0.5, 0.6) is 0 Å². The van der Waals surface area contributed by atoms with Crippen LogP contribution in [0, 0.1) is 10.1 Å². The zero-order valence-electron chi connectivity index (χ0n) is 11.4. The van der Waals surface area contributed by atoms with Gasteiger partial charge in [-0.3, -0.25) is 14.9 Å². The van der Waals surface area contributed by atoms with E-state index >= 15 is 0 Å². The van der Waals surface area contributed by atoms with Gasteiger partial charge in [-0.1, -0.05) is 13.0 Å². The number of carbonyl (C=O) groups excluding carboxylic acids is 1. The Bertz CT molecular complexity index is 488. The minimum atomic E-state index is -0.578. The molecule has 1 aromatic rings. The first-order valence-corrected chi connectivity index (χ1v) is 6.27. The van der Waals surface area contributed by atoms with Gasteiger partial charge in [0.05, 0.1) is 10.5 Å². The monoisotopic (exact) mass is 265 g/mol. The Kier molecular flexibility index (Phi) is 4.86. The van der Waals surface area contributed by atoms with E-state index in [1.807, 2.05) is 20.8 Å². The zero-order chi connectivity index (χ0) is 14.6. The van der Waals surface area contributed by atoms with Crippen LogP contribution in [0.15, 0.2) is 18.2 Å². The third-order valence-electron chi connectivity index (χ3n) is 3.23. The van der Waals surface area contributed by atoms with Gasteiger partial charge in [-0.2, -0.15) is 0 Å². The Hall–Kier alpha value is -2.11. The van der Waals surface area contributed by atoms with Gasteiger partial charge in [0.1, 0.15) is 5.69 Å². The summed E-state index contributed by atoms with van der Waals surface area (Å²) in [6.45, 7) is 6.33. The van der Waals surface area contributed by atoms with Gasteiger partial charge in [0.25, 0.3) is 11.6 Å². The van der Waals surface area contributed by atoms with Crippen LogP contribution in [0.1, 0.15) is 37.6 Å². The van der Waals surface area contributed by atoms with Crippen molar-refractivity contribution in [1.82, 2.24) is 4.90 Å². The lowest BCUT2D eigenvalue weighted by molar-refractivity contribution is -0.383. The number of anilines is 1. The van der Waals surface area contributed by atoms with E-state index < -0.39 is 4.92 Å². The van der Waals surface area contributed by atoms with Crippen molar-refractivity contribution in [3.8, 4) is 0 Å².